The first kappa shape index (κ1) is 20.7. The summed E-state index contributed by atoms with van der Waals surface area (Å²) in [7, 11) is 3.05. The highest BCUT2D eigenvalue weighted by atomic mass is 16.4. The molecule has 1 atom stereocenters. The third kappa shape index (κ3) is 3.58. The third-order valence-electron chi connectivity index (χ3n) is 6.66. The largest absolute Gasteiger partial charge is 0.455 e. The van der Waals surface area contributed by atoms with E-state index in [9.17, 15) is 14.4 Å². The summed E-state index contributed by atoms with van der Waals surface area (Å²) in [6.07, 6.45) is 4.09. The molecule has 5 rings (SSSR count). The number of likely N-dealkylation sites (tertiary alicyclic amines) is 2. The first-order valence-electron chi connectivity index (χ1n) is 11.2. The topological polar surface area (TPSA) is 109 Å². The van der Waals surface area contributed by atoms with E-state index in [0.29, 0.717) is 35.8 Å². The van der Waals surface area contributed by atoms with Crippen molar-refractivity contribution in [2.75, 3.05) is 26.2 Å². The molecule has 2 fully saturated rings. The number of amides is 1. The number of carbonyl (C=O) groups excluding carboxylic acids is 1. The van der Waals surface area contributed by atoms with Gasteiger partial charge in [-0.2, -0.15) is 0 Å². The number of hydrogen-bond donors (Lipinski definition) is 1. The number of hydrogen-bond acceptors (Lipinski definition) is 6. The van der Waals surface area contributed by atoms with Crippen molar-refractivity contribution in [3.05, 3.63) is 50.3 Å². The van der Waals surface area contributed by atoms with Crippen LogP contribution >= 0.6 is 0 Å². The highest BCUT2D eigenvalue weighted by Gasteiger charge is 2.29. The van der Waals surface area contributed by atoms with Crippen LogP contribution < -0.4 is 11.2 Å². The lowest BCUT2D eigenvalue weighted by atomic mass is 9.97. The van der Waals surface area contributed by atoms with Gasteiger partial charge in [0.1, 0.15) is 17.1 Å². The van der Waals surface area contributed by atoms with E-state index >= 15 is 0 Å². The Hall–Kier alpha value is -3.14. The number of aryl methyl sites for hydroxylation is 1. The first-order valence-corrected chi connectivity index (χ1v) is 11.2. The maximum absolute atomic E-state index is 13.1. The monoisotopic (exact) mass is 440 g/mol. The first-order chi connectivity index (χ1) is 15.4. The number of aromatic amines is 1. The van der Waals surface area contributed by atoms with Crippen molar-refractivity contribution in [2.45, 2.75) is 38.1 Å². The Balaban J connectivity index is 1.34. The highest BCUT2D eigenvalue weighted by Crippen LogP contribution is 2.27. The van der Waals surface area contributed by atoms with Crippen LogP contribution in [-0.2, 0) is 20.6 Å². The summed E-state index contributed by atoms with van der Waals surface area (Å²) in [4.78, 5) is 49.6. The Morgan fingerprint density at radius 1 is 1.12 bits per heavy atom. The van der Waals surface area contributed by atoms with Crippen LogP contribution in [0.1, 0.15) is 53.7 Å². The summed E-state index contributed by atoms with van der Waals surface area (Å²) in [6.45, 7) is 4.02. The molecule has 0 saturated carbocycles. The van der Waals surface area contributed by atoms with Crippen molar-refractivity contribution in [2.24, 2.45) is 14.1 Å². The number of furan rings is 1. The number of fused-ring (bicyclic) bond motifs is 1. The number of imidazole rings is 1. The highest BCUT2D eigenvalue weighted by molar-refractivity contribution is 5.91. The van der Waals surface area contributed by atoms with Gasteiger partial charge in [-0.3, -0.25) is 23.6 Å². The van der Waals surface area contributed by atoms with Gasteiger partial charge in [0.25, 0.3) is 11.5 Å². The number of nitrogens with one attached hydrogen (secondary N) is 1. The van der Waals surface area contributed by atoms with E-state index in [1.54, 1.807) is 18.0 Å². The van der Waals surface area contributed by atoms with Gasteiger partial charge in [0.15, 0.2) is 11.4 Å². The molecule has 0 radical (unpaired) electrons. The molecule has 2 aliphatic rings. The molecule has 2 saturated heterocycles. The number of rotatable bonds is 4. The Bertz CT molecular complexity index is 1280. The fraction of sp³-hybridized carbons (Fsp3) is 0.545. The van der Waals surface area contributed by atoms with Gasteiger partial charge in [-0.1, -0.05) is 0 Å². The zero-order valence-corrected chi connectivity index (χ0v) is 18.5. The van der Waals surface area contributed by atoms with Gasteiger partial charge in [-0.05, 0) is 50.9 Å². The van der Waals surface area contributed by atoms with Gasteiger partial charge in [0.05, 0.1) is 6.54 Å². The van der Waals surface area contributed by atoms with E-state index in [1.165, 1.54) is 24.5 Å². The van der Waals surface area contributed by atoms with Gasteiger partial charge in [0, 0.05) is 33.1 Å². The zero-order chi connectivity index (χ0) is 22.4. The molecule has 0 spiro atoms. The standard InChI is InChI=1S/C22H28N6O4/c1-25-19-17(21(30)26(2)22(25)31)23-18(24-19)14-6-5-11-28(12-14)20(29)16-8-7-15(32-16)13-27-9-3-4-10-27/h7-8,14H,3-6,9-13H2,1-2H3,(H,23,24). The summed E-state index contributed by atoms with van der Waals surface area (Å²) in [5.74, 6) is 1.64. The molecule has 1 unspecified atom stereocenters. The van der Waals surface area contributed by atoms with E-state index in [0.717, 1.165) is 42.8 Å². The maximum atomic E-state index is 13.1. The minimum atomic E-state index is -0.413. The van der Waals surface area contributed by atoms with Gasteiger partial charge in [-0.25, -0.2) is 9.78 Å². The maximum Gasteiger partial charge on any atom is 0.332 e. The van der Waals surface area contributed by atoms with Crippen LogP contribution in [0, 0.1) is 0 Å². The van der Waals surface area contributed by atoms with Gasteiger partial charge < -0.3 is 14.3 Å². The van der Waals surface area contributed by atoms with Crippen LogP contribution in [0.5, 0.6) is 0 Å². The predicted molar refractivity (Wildman–Crippen MR) is 118 cm³/mol. The van der Waals surface area contributed by atoms with Crippen LogP contribution in [0.3, 0.4) is 0 Å². The van der Waals surface area contributed by atoms with E-state index in [4.69, 9.17) is 4.42 Å². The molecule has 10 heteroatoms. The smallest absolute Gasteiger partial charge is 0.332 e. The number of H-pyrrole nitrogens is 1. The summed E-state index contributed by atoms with van der Waals surface area (Å²) < 4.78 is 8.30. The molecule has 1 amide bonds. The third-order valence-corrected chi connectivity index (χ3v) is 6.66. The summed E-state index contributed by atoms with van der Waals surface area (Å²) in [5, 5.41) is 0. The summed E-state index contributed by atoms with van der Waals surface area (Å²) in [5.41, 5.74) is -0.157. The lowest BCUT2D eigenvalue weighted by Crippen LogP contribution is -2.39. The van der Waals surface area contributed by atoms with E-state index in [-0.39, 0.29) is 11.8 Å². The second-order valence-corrected chi connectivity index (χ2v) is 8.87. The van der Waals surface area contributed by atoms with E-state index in [2.05, 4.69) is 14.9 Å². The molecule has 0 bridgehead atoms. The average Bonchev–Trinajstić information content (AvgIpc) is 3.57. The normalized spacial score (nSPS) is 19.8. The van der Waals surface area contributed by atoms with Crippen molar-refractivity contribution >= 4 is 17.1 Å². The second kappa shape index (κ2) is 8.09. The molecular formula is C22H28N6O4. The van der Waals surface area contributed by atoms with Gasteiger partial charge in [-0.15, -0.1) is 0 Å². The number of piperidine rings is 1. The van der Waals surface area contributed by atoms with Crippen LogP contribution in [0.4, 0.5) is 0 Å². The fourth-order valence-corrected chi connectivity index (χ4v) is 4.82. The molecule has 2 aliphatic heterocycles. The summed E-state index contributed by atoms with van der Waals surface area (Å²) >= 11 is 0. The van der Waals surface area contributed by atoms with Gasteiger partial charge >= 0.3 is 5.69 Å². The summed E-state index contributed by atoms with van der Waals surface area (Å²) in [6, 6.07) is 3.65. The number of carbonyl (C=O) groups is 1. The van der Waals surface area contributed by atoms with Crippen molar-refractivity contribution < 1.29 is 9.21 Å². The molecular weight excluding hydrogens is 412 g/mol. The van der Waals surface area contributed by atoms with Crippen molar-refractivity contribution in [3.8, 4) is 0 Å². The molecule has 170 valence electrons. The second-order valence-electron chi connectivity index (χ2n) is 8.87. The van der Waals surface area contributed by atoms with Crippen molar-refractivity contribution in [3.63, 3.8) is 0 Å². The minimum absolute atomic E-state index is 0.0426. The molecule has 0 aliphatic carbocycles. The molecule has 0 aromatic carbocycles. The quantitative estimate of drug-likeness (QED) is 0.652. The number of nitrogens with zero attached hydrogens (tertiary/aromatic N) is 5. The van der Waals surface area contributed by atoms with Gasteiger partial charge in [0.2, 0.25) is 0 Å². The molecule has 32 heavy (non-hydrogen) atoms. The lowest BCUT2D eigenvalue weighted by Gasteiger charge is -2.31. The fourth-order valence-electron chi connectivity index (χ4n) is 4.82. The van der Waals surface area contributed by atoms with E-state index in [1.807, 2.05) is 6.07 Å². The molecule has 3 aromatic rings. The SMILES string of the molecule is Cn1c(=O)c2[nH]c(C3CCCN(C(=O)c4ccc(CN5CCCC5)o4)C3)nc2n(C)c1=O. The molecule has 5 heterocycles. The van der Waals surface area contributed by atoms with Crippen LogP contribution in [0.25, 0.3) is 11.2 Å². The van der Waals surface area contributed by atoms with Crippen LogP contribution in [-0.4, -0.2) is 61.0 Å². The lowest BCUT2D eigenvalue weighted by molar-refractivity contribution is 0.0669. The Labute approximate surface area is 184 Å². The number of aromatic nitrogens is 4. The van der Waals surface area contributed by atoms with Crippen molar-refractivity contribution in [1.29, 1.82) is 0 Å². The zero-order valence-electron chi connectivity index (χ0n) is 18.5. The van der Waals surface area contributed by atoms with Crippen LogP contribution in [0.15, 0.2) is 26.1 Å². The predicted octanol–water partition coefficient (Wildman–Crippen LogP) is 1.17. The minimum Gasteiger partial charge on any atom is -0.455 e. The van der Waals surface area contributed by atoms with Crippen molar-refractivity contribution in [1.82, 2.24) is 28.9 Å². The average molecular weight is 441 g/mol. The van der Waals surface area contributed by atoms with Crippen LogP contribution in [0.2, 0.25) is 0 Å². The molecule has 3 aromatic heterocycles. The molecule has 10 nitrogen and oxygen atoms in total. The Morgan fingerprint density at radius 2 is 1.91 bits per heavy atom. The van der Waals surface area contributed by atoms with E-state index < -0.39 is 11.2 Å². The Kier molecular flexibility index (Phi) is 5.24. The Morgan fingerprint density at radius 3 is 2.69 bits per heavy atom. The molecule has 1 N–H and O–H groups in total.